The number of rotatable bonds is 4. The molecule has 1 unspecified atom stereocenters. The zero-order valence-electron chi connectivity index (χ0n) is 9.56. The summed E-state index contributed by atoms with van der Waals surface area (Å²) < 4.78 is 0. The molecule has 1 amide bonds. The van der Waals surface area contributed by atoms with Gasteiger partial charge in [0.1, 0.15) is 12.6 Å². The van der Waals surface area contributed by atoms with E-state index in [1.165, 1.54) is 7.05 Å². The zero-order valence-corrected chi connectivity index (χ0v) is 9.56. The van der Waals surface area contributed by atoms with Crippen LogP contribution in [-0.4, -0.2) is 46.7 Å². The highest BCUT2D eigenvalue weighted by atomic mass is 16.4. The molecule has 0 aromatic heterocycles. The van der Waals surface area contributed by atoms with Crippen molar-refractivity contribution in [2.45, 2.75) is 38.2 Å². The van der Waals surface area contributed by atoms with E-state index < -0.39 is 18.0 Å². The van der Waals surface area contributed by atoms with Crippen LogP contribution in [0.1, 0.15) is 32.1 Å². The Morgan fingerprint density at radius 2 is 1.88 bits per heavy atom. The lowest BCUT2D eigenvalue weighted by molar-refractivity contribution is -0.149. The van der Waals surface area contributed by atoms with Crippen LogP contribution < -0.4 is 0 Å². The minimum atomic E-state index is -1.06. The summed E-state index contributed by atoms with van der Waals surface area (Å²) >= 11 is 0. The third kappa shape index (κ3) is 3.48. The number of nitrogens with zero attached hydrogens (tertiary/aromatic N) is 1. The first-order valence-corrected chi connectivity index (χ1v) is 5.67. The van der Waals surface area contributed by atoms with E-state index in [0.29, 0.717) is 0 Å². The summed E-state index contributed by atoms with van der Waals surface area (Å²) in [6.45, 7) is -0.359. The van der Waals surface area contributed by atoms with Gasteiger partial charge in [-0.25, -0.2) is 0 Å². The van der Waals surface area contributed by atoms with Crippen molar-refractivity contribution in [2.24, 2.45) is 5.92 Å². The number of amides is 1. The molecule has 16 heavy (non-hydrogen) atoms. The Balaban J connectivity index is 2.48. The summed E-state index contributed by atoms with van der Waals surface area (Å²) in [6, 6.07) is 0. The molecule has 1 fully saturated rings. The normalized spacial score (nSPS) is 19.1. The van der Waals surface area contributed by atoms with Crippen LogP contribution in [0.3, 0.4) is 0 Å². The molecule has 1 aliphatic carbocycles. The SMILES string of the molecule is CN(CC(=O)O)C(=O)C(O)C1CCCCC1. The molecule has 0 aromatic carbocycles. The molecule has 0 saturated heterocycles. The Bertz CT molecular complexity index is 261. The van der Waals surface area contributed by atoms with Crippen LogP contribution in [0.25, 0.3) is 0 Å². The van der Waals surface area contributed by atoms with Crippen molar-refractivity contribution in [3.63, 3.8) is 0 Å². The predicted molar refractivity (Wildman–Crippen MR) is 57.9 cm³/mol. The maximum Gasteiger partial charge on any atom is 0.323 e. The average Bonchev–Trinajstić information content (AvgIpc) is 2.27. The van der Waals surface area contributed by atoms with Crippen molar-refractivity contribution in [3.05, 3.63) is 0 Å². The van der Waals surface area contributed by atoms with E-state index in [-0.39, 0.29) is 12.5 Å². The molecular weight excluding hydrogens is 210 g/mol. The van der Waals surface area contributed by atoms with Gasteiger partial charge in [-0.15, -0.1) is 0 Å². The monoisotopic (exact) mass is 229 g/mol. The van der Waals surface area contributed by atoms with Gasteiger partial charge < -0.3 is 15.1 Å². The topological polar surface area (TPSA) is 77.8 Å². The van der Waals surface area contributed by atoms with Crippen molar-refractivity contribution in [2.75, 3.05) is 13.6 Å². The maximum absolute atomic E-state index is 11.7. The number of carbonyl (C=O) groups excluding carboxylic acids is 1. The third-order valence-corrected chi connectivity index (χ3v) is 3.10. The Kier molecular flexibility index (Phi) is 4.73. The summed E-state index contributed by atoms with van der Waals surface area (Å²) in [5.74, 6) is -1.54. The molecule has 1 atom stereocenters. The van der Waals surface area contributed by atoms with Gasteiger partial charge in [0, 0.05) is 7.05 Å². The number of carboxylic acid groups (broad SMARTS) is 1. The molecule has 2 N–H and O–H groups in total. The molecule has 0 aliphatic heterocycles. The molecule has 0 radical (unpaired) electrons. The largest absolute Gasteiger partial charge is 0.480 e. The number of aliphatic carboxylic acids is 1. The van der Waals surface area contributed by atoms with Crippen molar-refractivity contribution >= 4 is 11.9 Å². The van der Waals surface area contributed by atoms with Crippen LogP contribution in [-0.2, 0) is 9.59 Å². The zero-order chi connectivity index (χ0) is 12.1. The number of carboxylic acids is 1. The number of likely N-dealkylation sites (N-methyl/N-ethyl adjacent to an activating group) is 1. The molecule has 0 spiro atoms. The fourth-order valence-corrected chi connectivity index (χ4v) is 2.16. The first-order valence-electron chi connectivity index (χ1n) is 5.67. The lowest BCUT2D eigenvalue weighted by Crippen LogP contribution is -2.43. The van der Waals surface area contributed by atoms with Gasteiger partial charge in [0.25, 0.3) is 5.91 Å². The molecule has 0 bridgehead atoms. The summed E-state index contributed by atoms with van der Waals surface area (Å²) in [5.41, 5.74) is 0. The lowest BCUT2D eigenvalue weighted by atomic mass is 9.85. The summed E-state index contributed by atoms with van der Waals surface area (Å²) in [6.07, 6.45) is 3.91. The Morgan fingerprint density at radius 3 is 2.38 bits per heavy atom. The summed E-state index contributed by atoms with van der Waals surface area (Å²) in [5, 5.41) is 18.4. The van der Waals surface area contributed by atoms with E-state index in [9.17, 15) is 14.7 Å². The molecule has 0 aromatic rings. The lowest BCUT2D eigenvalue weighted by Gasteiger charge is -2.28. The molecule has 0 heterocycles. The minimum Gasteiger partial charge on any atom is -0.480 e. The number of hydrogen-bond donors (Lipinski definition) is 2. The van der Waals surface area contributed by atoms with Gasteiger partial charge in [0.15, 0.2) is 0 Å². The molecule has 5 nitrogen and oxygen atoms in total. The molecule has 1 aliphatic rings. The van der Waals surface area contributed by atoms with Crippen molar-refractivity contribution < 1.29 is 19.8 Å². The molecule has 1 saturated carbocycles. The Morgan fingerprint density at radius 1 is 1.31 bits per heavy atom. The fourth-order valence-electron chi connectivity index (χ4n) is 2.16. The van der Waals surface area contributed by atoms with E-state index in [1.54, 1.807) is 0 Å². The molecule has 5 heteroatoms. The van der Waals surface area contributed by atoms with Gasteiger partial charge in [-0.05, 0) is 18.8 Å². The first-order chi connectivity index (χ1) is 7.52. The number of carbonyl (C=O) groups is 2. The van der Waals surface area contributed by atoms with Gasteiger partial charge in [-0.3, -0.25) is 9.59 Å². The quantitative estimate of drug-likeness (QED) is 0.734. The highest BCUT2D eigenvalue weighted by Crippen LogP contribution is 2.27. The van der Waals surface area contributed by atoms with Crippen molar-refractivity contribution in [1.29, 1.82) is 0 Å². The van der Waals surface area contributed by atoms with Crippen LogP contribution in [0, 0.1) is 5.92 Å². The van der Waals surface area contributed by atoms with E-state index in [4.69, 9.17) is 5.11 Å². The van der Waals surface area contributed by atoms with Crippen LogP contribution in [0.2, 0.25) is 0 Å². The predicted octanol–water partition coefficient (Wildman–Crippen LogP) is 0.471. The third-order valence-electron chi connectivity index (χ3n) is 3.10. The summed E-state index contributed by atoms with van der Waals surface area (Å²) in [4.78, 5) is 23.2. The average molecular weight is 229 g/mol. The van der Waals surface area contributed by atoms with E-state index >= 15 is 0 Å². The van der Waals surface area contributed by atoms with E-state index in [2.05, 4.69) is 0 Å². The van der Waals surface area contributed by atoms with Crippen LogP contribution >= 0.6 is 0 Å². The van der Waals surface area contributed by atoms with E-state index in [0.717, 1.165) is 37.0 Å². The second-order valence-electron chi connectivity index (χ2n) is 4.43. The van der Waals surface area contributed by atoms with Gasteiger partial charge in [-0.1, -0.05) is 19.3 Å². The van der Waals surface area contributed by atoms with Gasteiger partial charge >= 0.3 is 5.97 Å². The Hall–Kier alpha value is -1.10. The van der Waals surface area contributed by atoms with Gasteiger partial charge in [0.2, 0.25) is 0 Å². The Labute approximate surface area is 95.1 Å². The second kappa shape index (κ2) is 5.84. The smallest absolute Gasteiger partial charge is 0.323 e. The second-order valence-corrected chi connectivity index (χ2v) is 4.43. The summed E-state index contributed by atoms with van der Waals surface area (Å²) in [7, 11) is 1.41. The van der Waals surface area contributed by atoms with Crippen LogP contribution in [0.5, 0.6) is 0 Å². The number of aliphatic hydroxyl groups is 1. The van der Waals surface area contributed by atoms with Crippen molar-refractivity contribution in [3.8, 4) is 0 Å². The molecule has 1 rings (SSSR count). The van der Waals surface area contributed by atoms with Crippen LogP contribution in [0.4, 0.5) is 0 Å². The molecule has 92 valence electrons. The first kappa shape index (κ1) is 13.0. The number of hydrogen-bond acceptors (Lipinski definition) is 3. The highest BCUT2D eigenvalue weighted by Gasteiger charge is 2.29. The minimum absolute atomic E-state index is 0.00232. The standard InChI is InChI=1S/C11H19NO4/c1-12(7-9(13)14)11(16)10(15)8-5-3-2-4-6-8/h8,10,15H,2-7H2,1H3,(H,13,14). The van der Waals surface area contributed by atoms with E-state index in [1.807, 2.05) is 0 Å². The van der Waals surface area contributed by atoms with Gasteiger partial charge in [-0.2, -0.15) is 0 Å². The fraction of sp³-hybridized carbons (Fsp3) is 0.818. The number of aliphatic hydroxyl groups excluding tert-OH is 1. The maximum atomic E-state index is 11.7. The highest BCUT2D eigenvalue weighted by molar-refractivity contribution is 5.84. The molecular formula is C11H19NO4. The van der Waals surface area contributed by atoms with Gasteiger partial charge in [0.05, 0.1) is 0 Å². The van der Waals surface area contributed by atoms with Crippen molar-refractivity contribution in [1.82, 2.24) is 4.90 Å². The van der Waals surface area contributed by atoms with Crippen LogP contribution in [0.15, 0.2) is 0 Å².